The predicted molar refractivity (Wildman–Crippen MR) is 111 cm³/mol. The molecule has 0 N–H and O–H groups in total. The van der Waals surface area contributed by atoms with Gasteiger partial charge in [0.25, 0.3) is 0 Å². The van der Waals surface area contributed by atoms with Crippen molar-refractivity contribution in [2.45, 2.75) is 52.2 Å². The molecule has 7 heteroatoms. The van der Waals surface area contributed by atoms with E-state index in [1.54, 1.807) is 29.8 Å². The molecule has 5 nitrogen and oxygen atoms in total. The Morgan fingerprint density at radius 1 is 1.03 bits per heavy atom. The zero-order chi connectivity index (χ0) is 21.2. The van der Waals surface area contributed by atoms with Gasteiger partial charge in [-0.2, -0.15) is 9.40 Å². The second-order valence-electron chi connectivity index (χ2n) is 7.26. The molecule has 0 aliphatic carbocycles. The van der Waals surface area contributed by atoms with Gasteiger partial charge in [-0.25, -0.2) is 12.8 Å². The summed E-state index contributed by atoms with van der Waals surface area (Å²) in [6, 6.07) is 11.3. The van der Waals surface area contributed by atoms with Crippen molar-refractivity contribution in [1.82, 2.24) is 14.1 Å². The van der Waals surface area contributed by atoms with Crippen LogP contribution in [-0.4, -0.2) is 22.5 Å². The Morgan fingerprint density at radius 3 is 2.34 bits per heavy atom. The number of rotatable bonds is 7. The van der Waals surface area contributed by atoms with Crippen LogP contribution < -0.4 is 0 Å². The number of sulfonamides is 1. The van der Waals surface area contributed by atoms with E-state index in [-0.39, 0.29) is 18.9 Å². The van der Waals surface area contributed by atoms with E-state index in [9.17, 15) is 12.8 Å². The minimum atomic E-state index is -3.77. The van der Waals surface area contributed by atoms with Gasteiger partial charge in [-0.15, -0.1) is 0 Å². The molecule has 0 aliphatic heterocycles. The average molecular weight is 416 g/mol. The van der Waals surface area contributed by atoms with Crippen LogP contribution in [0, 0.1) is 26.6 Å². The number of benzene rings is 2. The van der Waals surface area contributed by atoms with Crippen molar-refractivity contribution in [2.75, 3.05) is 0 Å². The van der Waals surface area contributed by atoms with Gasteiger partial charge in [0.2, 0.25) is 10.0 Å². The molecule has 0 aliphatic rings. The Bertz CT molecular complexity index is 1110. The lowest BCUT2D eigenvalue weighted by atomic mass is 10.2. The molecule has 3 rings (SSSR count). The van der Waals surface area contributed by atoms with E-state index in [4.69, 9.17) is 0 Å². The van der Waals surface area contributed by atoms with Gasteiger partial charge in [-0.3, -0.25) is 4.68 Å². The highest BCUT2D eigenvalue weighted by Gasteiger charge is 2.27. The smallest absolute Gasteiger partial charge is 0.243 e. The van der Waals surface area contributed by atoms with Gasteiger partial charge >= 0.3 is 0 Å². The van der Waals surface area contributed by atoms with E-state index in [0.29, 0.717) is 17.0 Å². The number of hydrogen-bond acceptors (Lipinski definition) is 3. The molecule has 154 valence electrons. The lowest BCUT2D eigenvalue weighted by Gasteiger charge is -2.23. The zero-order valence-corrected chi connectivity index (χ0v) is 18.0. The molecule has 0 amide bonds. The fourth-order valence-electron chi connectivity index (χ4n) is 3.21. The normalized spacial score (nSPS) is 11.9. The maximum atomic E-state index is 13.6. The third kappa shape index (κ3) is 4.74. The molecule has 0 radical (unpaired) electrons. The van der Waals surface area contributed by atoms with Gasteiger partial charge in [0, 0.05) is 31.4 Å². The Morgan fingerprint density at radius 2 is 1.72 bits per heavy atom. The van der Waals surface area contributed by atoms with E-state index in [1.807, 2.05) is 39.1 Å². The largest absolute Gasteiger partial charge is 0.272 e. The van der Waals surface area contributed by atoms with Crippen LogP contribution in [0.2, 0.25) is 0 Å². The summed E-state index contributed by atoms with van der Waals surface area (Å²) < 4.78 is 43.7. The van der Waals surface area contributed by atoms with Crippen LogP contribution in [-0.2, 0) is 29.7 Å². The highest BCUT2D eigenvalue weighted by molar-refractivity contribution is 7.89. The van der Waals surface area contributed by atoms with Gasteiger partial charge in [-0.05, 0) is 62.6 Å². The van der Waals surface area contributed by atoms with Crippen molar-refractivity contribution in [3.8, 4) is 0 Å². The summed E-state index contributed by atoms with van der Waals surface area (Å²) in [6.45, 7) is 8.58. The zero-order valence-electron chi connectivity index (χ0n) is 17.2. The number of aryl methyl sites for hydroxylation is 4. The quantitative estimate of drug-likeness (QED) is 0.576. The fourth-order valence-corrected chi connectivity index (χ4v) is 4.93. The van der Waals surface area contributed by atoms with Crippen molar-refractivity contribution < 1.29 is 12.8 Å². The third-order valence-corrected chi connectivity index (χ3v) is 6.89. The molecule has 0 saturated heterocycles. The lowest BCUT2D eigenvalue weighted by molar-refractivity contribution is 0.399. The molecule has 0 spiro atoms. The van der Waals surface area contributed by atoms with Crippen molar-refractivity contribution in [3.63, 3.8) is 0 Å². The fraction of sp³-hybridized carbons (Fsp3) is 0.318. The van der Waals surface area contributed by atoms with Crippen molar-refractivity contribution in [2.24, 2.45) is 0 Å². The van der Waals surface area contributed by atoms with Crippen LogP contribution in [0.15, 0.2) is 53.6 Å². The summed E-state index contributed by atoms with van der Waals surface area (Å²) in [6.07, 6.45) is 1.88. The van der Waals surface area contributed by atoms with Crippen LogP contribution in [0.4, 0.5) is 4.39 Å². The molecule has 1 aromatic heterocycles. The first-order valence-electron chi connectivity index (χ1n) is 9.55. The Kier molecular flexibility index (Phi) is 6.19. The molecule has 2 aromatic carbocycles. The molecule has 29 heavy (non-hydrogen) atoms. The van der Waals surface area contributed by atoms with E-state index < -0.39 is 10.0 Å². The molecular formula is C22H26FN3O2S. The van der Waals surface area contributed by atoms with E-state index in [1.165, 1.54) is 16.4 Å². The summed E-state index contributed by atoms with van der Waals surface area (Å²) in [7, 11) is -3.77. The van der Waals surface area contributed by atoms with Crippen molar-refractivity contribution in [1.29, 1.82) is 0 Å². The summed E-state index contributed by atoms with van der Waals surface area (Å²) in [5, 5.41) is 4.43. The Hall–Kier alpha value is -2.51. The number of nitrogens with zero attached hydrogens (tertiary/aromatic N) is 3. The minimum absolute atomic E-state index is 0.146. The van der Waals surface area contributed by atoms with E-state index >= 15 is 0 Å². The van der Waals surface area contributed by atoms with Gasteiger partial charge < -0.3 is 0 Å². The van der Waals surface area contributed by atoms with Crippen LogP contribution in [0.1, 0.15) is 34.9 Å². The first kappa shape index (κ1) is 21.2. The summed E-state index contributed by atoms with van der Waals surface area (Å²) in [5.74, 6) is -0.349. The van der Waals surface area contributed by atoms with Crippen LogP contribution in [0.3, 0.4) is 0 Å². The second-order valence-corrected chi connectivity index (χ2v) is 9.17. The topological polar surface area (TPSA) is 55.2 Å². The molecule has 3 aromatic rings. The van der Waals surface area contributed by atoms with E-state index in [0.717, 1.165) is 22.4 Å². The lowest BCUT2D eigenvalue weighted by Crippen LogP contribution is -2.31. The molecule has 1 heterocycles. The summed E-state index contributed by atoms with van der Waals surface area (Å²) >= 11 is 0. The van der Waals surface area contributed by atoms with Gasteiger partial charge in [-0.1, -0.05) is 24.3 Å². The molecule has 0 bridgehead atoms. The standard InChI is InChI=1S/C22H26FN3O2S/c1-5-25-14-20(18(4)24-25)15-26(13-19-8-10-21(23)11-9-19)29(27,28)22-12-16(2)6-7-17(22)3/h6-12,14H,5,13,15H2,1-4H3. The molecule has 0 unspecified atom stereocenters. The summed E-state index contributed by atoms with van der Waals surface area (Å²) in [4.78, 5) is 0.292. The van der Waals surface area contributed by atoms with Crippen molar-refractivity contribution >= 4 is 10.0 Å². The molecular weight excluding hydrogens is 389 g/mol. The third-order valence-electron chi connectivity index (χ3n) is 4.95. The van der Waals surface area contributed by atoms with Crippen LogP contribution in [0.25, 0.3) is 0 Å². The second kappa shape index (κ2) is 8.47. The predicted octanol–water partition coefficient (Wildman–Crippen LogP) is 4.36. The maximum absolute atomic E-state index is 13.6. The average Bonchev–Trinajstić information content (AvgIpc) is 3.04. The Balaban J connectivity index is 2.04. The minimum Gasteiger partial charge on any atom is -0.272 e. The SMILES string of the molecule is CCn1cc(CN(Cc2ccc(F)cc2)S(=O)(=O)c2cc(C)ccc2C)c(C)n1. The van der Waals surface area contributed by atoms with Gasteiger partial charge in [0.15, 0.2) is 0 Å². The molecule has 0 fully saturated rings. The number of hydrogen-bond donors (Lipinski definition) is 0. The Labute approximate surface area is 171 Å². The highest BCUT2D eigenvalue weighted by Crippen LogP contribution is 2.25. The number of halogens is 1. The van der Waals surface area contributed by atoms with Crippen LogP contribution >= 0.6 is 0 Å². The maximum Gasteiger partial charge on any atom is 0.243 e. The first-order chi connectivity index (χ1) is 13.7. The molecule has 0 atom stereocenters. The molecule has 0 saturated carbocycles. The van der Waals surface area contributed by atoms with Crippen molar-refractivity contribution in [3.05, 3.63) is 82.4 Å². The van der Waals surface area contributed by atoms with Gasteiger partial charge in [0.05, 0.1) is 10.6 Å². The van der Waals surface area contributed by atoms with Gasteiger partial charge in [0.1, 0.15) is 5.82 Å². The summed E-state index contributed by atoms with van der Waals surface area (Å²) in [5.41, 5.74) is 3.95. The highest BCUT2D eigenvalue weighted by atomic mass is 32.2. The first-order valence-corrected chi connectivity index (χ1v) is 11.0. The monoisotopic (exact) mass is 415 g/mol. The van der Waals surface area contributed by atoms with E-state index in [2.05, 4.69) is 5.10 Å². The van der Waals surface area contributed by atoms with Crippen LogP contribution in [0.5, 0.6) is 0 Å². The number of aromatic nitrogens is 2.